The maximum Gasteiger partial charge on any atom is 0.314 e. The van der Waals surface area contributed by atoms with E-state index >= 15 is 0 Å². The van der Waals surface area contributed by atoms with Crippen LogP contribution < -0.4 is 15.5 Å². The Morgan fingerprint density at radius 1 is 1.08 bits per heavy atom. The first-order valence-electron chi connectivity index (χ1n) is 8.91. The average molecular weight is 332 g/mol. The maximum atomic E-state index is 11.9. The van der Waals surface area contributed by atoms with Gasteiger partial charge in [-0.2, -0.15) is 0 Å². The predicted octanol–water partition coefficient (Wildman–Crippen LogP) is 2.54. The number of nitrogens with zero attached hydrogens (tertiary/aromatic N) is 2. The molecule has 1 unspecified atom stereocenters. The molecule has 2 amide bonds. The van der Waals surface area contributed by atoms with Gasteiger partial charge in [0.05, 0.1) is 0 Å². The van der Waals surface area contributed by atoms with Gasteiger partial charge in [-0.3, -0.25) is 4.90 Å². The van der Waals surface area contributed by atoms with Gasteiger partial charge in [0, 0.05) is 51.0 Å². The highest BCUT2D eigenvalue weighted by Gasteiger charge is 2.21. The molecule has 0 radical (unpaired) electrons. The predicted molar refractivity (Wildman–Crippen MR) is 101 cm³/mol. The van der Waals surface area contributed by atoms with Crippen LogP contribution in [0.3, 0.4) is 0 Å². The van der Waals surface area contributed by atoms with E-state index < -0.39 is 0 Å². The van der Waals surface area contributed by atoms with Gasteiger partial charge in [-0.15, -0.1) is 0 Å². The summed E-state index contributed by atoms with van der Waals surface area (Å²) in [4.78, 5) is 16.7. The lowest BCUT2D eigenvalue weighted by Crippen LogP contribution is -2.53. The quantitative estimate of drug-likeness (QED) is 0.871. The molecular formula is C19H32N4O. The standard InChI is InChI=1S/C19H32N4O/c1-16(14-20-18(24)21-15-19(2,3)4)22-10-12-23(13-11-22)17-8-6-5-7-9-17/h5-9,16H,10-15H2,1-4H3,(H2,20,21,24). The molecule has 1 aliphatic heterocycles. The van der Waals surface area contributed by atoms with Gasteiger partial charge >= 0.3 is 6.03 Å². The molecule has 1 heterocycles. The molecule has 0 spiro atoms. The Balaban J connectivity index is 1.69. The summed E-state index contributed by atoms with van der Waals surface area (Å²) in [6, 6.07) is 10.8. The van der Waals surface area contributed by atoms with Crippen molar-refractivity contribution < 1.29 is 4.79 Å². The van der Waals surface area contributed by atoms with Crippen LogP contribution in [0.1, 0.15) is 27.7 Å². The summed E-state index contributed by atoms with van der Waals surface area (Å²) in [5.41, 5.74) is 1.40. The third-order valence-electron chi connectivity index (χ3n) is 4.40. The second-order valence-electron chi connectivity index (χ2n) is 7.83. The van der Waals surface area contributed by atoms with E-state index in [-0.39, 0.29) is 11.4 Å². The second-order valence-corrected chi connectivity index (χ2v) is 7.83. The lowest BCUT2D eigenvalue weighted by molar-refractivity contribution is 0.189. The molecule has 1 aliphatic rings. The Morgan fingerprint density at radius 2 is 1.71 bits per heavy atom. The largest absolute Gasteiger partial charge is 0.369 e. The van der Waals surface area contributed by atoms with Crippen LogP contribution >= 0.6 is 0 Å². The number of carbonyl (C=O) groups is 1. The molecule has 1 atom stereocenters. The van der Waals surface area contributed by atoms with Crippen LogP contribution in [0, 0.1) is 5.41 Å². The van der Waals surface area contributed by atoms with Gasteiger partial charge in [0.2, 0.25) is 0 Å². The lowest BCUT2D eigenvalue weighted by atomic mass is 9.97. The minimum Gasteiger partial charge on any atom is -0.369 e. The van der Waals surface area contributed by atoms with E-state index in [2.05, 4.69) is 78.5 Å². The summed E-state index contributed by atoms with van der Waals surface area (Å²) >= 11 is 0. The molecule has 0 bridgehead atoms. The Hall–Kier alpha value is -1.75. The van der Waals surface area contributed by atoms with E-state index in [9.17, 15) is 4.79 Å². The molecule has 1 fully saturated rings. The van der Waals surface area contributed by atoms with E-state index in [0.717, 1.165) is 26.2 Å². The van der Waals surface area contributed by atoms with E-state index in [1.807, 2.05) is 0 Å². The normalized spacial score (nSPS) is 17.4. The van der Waals surface area contributed by atoms with Crippen molar-refractivity contribution in [3.63, 3.8) is 0 Å². The van der Waals surface area contributed by atoms with Crippen LogP contribution in [-0.2, 0) is 0 Å². The van der Waals surface area contributed by atoms with Gasteiger partial charge in [-0.1, -0.05) is 39.0 Å². The summed E-state index contributed by atoms with van der Waals surface area (Å²) < 4.78 is 0. The van der Waals surface area contributed by atoms with E-state index in [4.69, 9.17) is 0 Å². The number of carbonyl (C=O) groups excluding carboxylic acids is 1. The van der Waals surface area contributed by atoms with Crippen LogP contribution in [0.15, 0.2) is 30.3 Å². The molecule has 2 N–H and O–H groups in total. The SMILES string of the molecule is CC(CNC(=O)NCC(C)(C)C)N1CCN(c2ccccc2)CC1. The zero-order chi connectivity index (χ0) is 17.6. The third-order valence-corrected chi connectivity index (χ3v) is 4.40. The summed E-state index contributed by atoms with van der Waals surface area (Å²) in [5.74, 6) is 0. The van der Waals surface area contributed by atoms with Crippen molar-refractivity contribution >= 4 is 11.7 Å². The first kappa shape index (κ1) is 18.6. The molecule has 1 aromatic carbocycles. The van der Waals surface area contributed by atoms with Crippen molar-refractivity contribution in [2.24, 2.45) is 5.41 Å². The lowest BCUT2D eigenvalue weighted by Gasteiger charge is -2.39. The van der Waals surface area contributed by atoms with Crippen LogP contribution in [-0.4, -0.2) is 56.2 Å². The number of piperazine rings is 1. The molecule has 134 valence electrons. The fourth-order valence-electron chi connectivity index (χ4n) is 2.84. The van der Waals surface area contributed by atoms with Crippen LogP contribution in [0.25, 0.3) is 0 Å². The number of nitrogens with one attached hydrogen (secondary N) is 2. The molecule has 2 rings (SSSR count). The highest BCUT2D eigenvalue weighted by Crippen LogP contribution is 2.16. The van der Waals surface area contributed by atoms with Crippen LogP contribution in [0.4, 0.5) is 10.5 Å². The molecule has 0 saturated carbocycles. The monoisotopic (exact) mass is 332 g/mol. The second kappa shape index (κ2) is 8.38. The number of hydrogen-bond donors (Lipinski definition) is 2. The smallest absolute Gasteiger partial charge is 0.314 e. The molecule has 1 saturated heterocycles. The molecule has 5 heteroatoms. The number of para-hydroxylation sites is 1. The van der Waals surface area contributed by atoms with Crippen LogP contribution in [0.5, 0.6) is 0 Å². The van der Waals surface area contributed by atoms with Crippen molar-refractivity contribution in [1.82, 2.24) is 15.5 Å². The molecule has 0 aliphatic carbocycles. The van der Waals surface area contributed by atoms with Gasteiger partial charge in [0.15, 0.2) is 0 Å². The number of anilines is 1. The Kier molecular flexibility index (Phi) is 6.49. The van der Waals surface area contributed by atoms with Crippen molar-refractivity contribution in [2.45, 2.75) is 33.7 Å². The van der Waals surface area contributed by atoms with Crippen molar-refractivity contribution in [1.29, 1.82) is 0 Å². The molecule has 24 heavy (non-hydrogen) atoms. The van der Waals surface area contributed by atoms with Crippen molar-refractivity contribution in [3.05, 3.63) is 30.3 Å². The van der Waals surface area contributed by atoms with Gasteiger partial charge in [0.1, 0.15) is 0 Å². The van der Waals surface area contributed by atoms with Crippen molar-refractivity contribution in [3.8, 4) is 0 Å². The fourth-order valence-corrected chi connectivity index (χ4v) is 2.84. The Morgan fingerprint density at radius 3 is 2.29 bits per heavy atom. The molecule has 1 aromatic rings. The fraction of sp³-hybridized carbons (Fsp3) is 0.632. The minimum absolute atomic E-state index is 0.0697. The zero-order valence-electron chi connectivity index (χ0n) is 15.5. The van der Waals surface area contributed by atoms with Gasteiger partial charge < -0.3 is 15.5 Å². The number of benzene rings is 1. The highest BCUT2D eigenvalue weighted by atomic mass is 16.2. The van der Waals surface area contributed by atoms with Crippen molar-refractivity contribution in [2.75, 3.05) is 44.2 Å². The summed E-state index contributed by atoms with van der Waals surface area (Å²) in [6.45, 7) is 14.0. The number of amides is 2. The highest BCUT2D eigenvalue weighted by molar-refractivity contribution is 5.73. The first-order valence-corrected chi connectivity index (χ1v) is 8.91. The summed E-state index contributed by atoms with van der Waals surface area (Å²) in [6.07, 6.45) is 0. The first-order chi connectivity index (χ1) is 11.3. The topological polar surface area (TPSA) is 47.6 Å². The van der Waals surface area contributed by atoms with E-state index in [1.165, 1.54) is 5.69 Å². The average Bonchev–Trinajstić information content (AvgIpc) is 2.58. The van der Waals surface area contributed by atoms with E-state index in [1.54, 1.807) is 0 Å². The van der Waals surface area contributed by atoms with Crippen LogP contribution in [0.2, 0.25) is 0 Å². The van der Waals surface area contributed by atoms with Gasteiger partial charge in [-0.05, 0) is 24.5 Å². The Labute approximate surface area is 146 Å². The number of hydrogen-bond acceptors (Lipinski definition) is 3. The Bertz CT molecular complexity index is 504. The summed E-state index contributed by atoms with van der Waals surface area (Å²) in [5, 5.41) is 5.92. The number of rotatable bonds is 5. The molecule has 5 nitrogen and oxygen atoms in total. The minimum atomic E-state index is -0.0697. The summed E-state index contributed by atoms with van der Waals surface area (Å²) in [7, 11) is 0. The van der Waals surface area contributed by atoms with Gasteiger partial charge in [0.25, 0.3) is 0 Å². The third kappa shape index (κ3) is 6.04. The van der Waals surface area contributed by atoms with Gasteiger partial charge in [-0.25, -0.2) is 4.79 Å². The maximum absolute atomic E-state index is 11.9. The molecular weight excluding hydrogens is 300 g/mol. The zero-order valence-corrected chi connectivity index (χ0v) is 15.5. The number of urea groups is 1. The van der Waals surface area contributed by atoms with E-state index in [0.29, 0.717) is 19.1 Å². The molecule has 0 aromatic heterocycles.